The van der Waals surface area contributed by atoms with E-state index in [1.807, 2.05) is 0 Å². The lowest BCUT2D eigenvalue weighted by Crippen LogP contribution is -2.58. The van der Waals surface area contributed by atoms with Crippen LogP contribution in [0.2, 0.25) is 0 Å². The zero-order valence-corrected chi connectivity index (χ0v) is 10.3. The molecule has 0 radical (unpaired) electrons. The van der Waals surface area contributed by atoms with E-state index in [9.17, 15) is 8.42 Å². The van der Waals surface area contributed by atoms with Gasteiger partial charge in [0, 0.05) is 32.2 Å². The number of sulfone groups is 1. The molecule has 0 spiro atoms. The van der Waals surface area contributed by atoms with Crippen LogP contribution in [-0.4, -0.2) is 57.0 Å². The second kappa shape index (κ2) is 5.51. The van der Waals surface area contributed by atoms with Crippen LogP contribution in [0.5, 0.6) is 0 Å². The summed E-state index contributed by atoms with van der Waals surface area (Å²) in [4.78, 5) is 2.28. The lowest BCUT2D eigenvalue weighted by Gasteiger charge is -2.39. The van der Waals surface area contributed by atoms with Crippen LogP contribution in [0.3, 0.4) is 0 Å². The van der Waals surface area contributed by atoms with Gasteiger partial charge in [0.05, 0.1) is 11.5 Å². The van der Waals surface area contributed by atoms with Crippen LogP contribution < -0.4 is 5.32 Å². The summed E-state index contributed by atoms with van der Waals surface area (Å²) >= 11 is 0. The van der Waals surface area contributed by atoms with E-state index in [0.29, 0.717) is 11.5 Å². The Morgan fingerprint density at radius 1 is 1.21 bits per heavy atom. The lowest BCUT2D eigenvalue weighted by molar-refractivity contribution is 0.178. The van der Waals surface area contributed by atoms with Crippen molar-refractivity contribution in [2.24, 2.45) is 0 Å². The smallest absolute Gasteiger partial charge is 0.153 e. The summed E-state index contributed by atoms with van der Waals surface area (Å²) in [6.45, 7) is 3.56. The molecule has 7 heteroatoms. The number of nitrogens with one attached hydrogen (secondary N) is 1. The van der Waals surface area contributed by atoms with Crippen molar-refractivity contribution in [3.8, 4) is 0 Å². The second-order valence-electron chi connectivity index (χ2n) is 3.51. The molecule has 0 amide bonds. The first kappa shape index (κ1) is 14.5. The molecule has 0 aromatic rings. The number of nitrogens with zero attached hydrogens (tertiary/aromatic N) is 1. The van der Waals surface area contributed by atoms with E-state index in [2.05, 4.69) is 10.2 Å². The molecule has 2 rings (SSSR count). The van der Waals surface area contributed by atoms with Crippen LogP contribution in [0.25, 0.3) is 0 Å². The Hall–Kier alpha value is 0.450. The standard InChI is InChI=1S/C7H14N2O2S.2ClH/c10-12(11)4-3-9-2-1-8-5-7(9)6-12;;/h7-8H,1-6H2;2*1H. The fraction of sp³-hybridized carbons (Fsp3) is 1.00. The molecule has 0 aliphatic carbocycles. The fourth-order valence-corrected chi connectivity index (χ4v) is 3.49. The van der Waals surface area contributed by atoms with Gasteiger partial charge in [0.2, 0.25) is 0 Å². The van der Waals surface area contributed by atoms with Gasteiger partial charge in [0.15, 0.2) is 9.84 Å². The van der Waals surface area contributed by atoms with Gasteiger partial charge in [-0.2, -0.15) is 0 Å². The topological polar surface area (TPSA) is 49.4 Å². The van der Waals surface area contributed by atoms with Crippen molar-refractivity contribution in [2.45, 2.75) is 6.04 Å². The predicted molar refractivity (Wildman–Crippen MR) is 61.4 cm³/mol. The minimum absolute atomic E-state index is 0. The van der Waals surface area contributed by atoms with Crippen LogP contribution in [0.15, 0.2) is 0 Å². The second-order valence-corrected chi connectivity index (χ2v) is 5.74. The summed E-state index contributed by atoms with van der Waals surface area (Å²) in [5, 5.41) is 3.22. The van der Waals surface area contributed by atoms with Crippen molar-refractivity contribution in [3.63, 3.8) is 0 Å². The fourth-order valence-electron chi connectivity index (χ4n) is 1.89. The van der Waals surface area contributed by atoms with Crippen LogP contribution in [0, 0.1) is 0 Å². The van der Waals surface area contributed by atoms with Gasteiger partial charge >= 0.3 is 0 Å². The molecule has 0 bridgehead atoms. The van der Waals surface area contributed by atoms with Crippen LogP contribution in [0.1, 0.15) is 0 Å². The summed E-state index contributed by atoms with van der Waals surface area (Å²) in [6, 6.07) is 0.234. The SMILES string of the molecule is Cl.Cl.O=S1(=O)CCN2CCNCC2C1. The van der Waals surface area contributed by atoms with E-state index in [0.717, 1.165) is 26.2 Å². The van der Waals surface area contributed by atoms with E-state index in [1.54, 1.807) is 0 Å². The van der Waals surface area contributed by atoms with E-state index in [-0.39, 0.29) is 30.9 Å². The van der Waals surface area contributed by atoms with Crippen molar-refractivity contribution in [2.75, 3.05) is 37.7 Å². The largest absolute Gasteiger partial charge is 0.314 e. The van der Waals surface area contributed by atoms with Gasteiger partial charge in [-0.25, -0.2) is 8.42 Å². The highest BCUT2D eigenvalue weighted by atomic mass is 35.5. The third-order valence-corrected chi connectivity index (χ3v) is 4.31. The van der Waals surface area contributed by atoms with Crippen molar-refractivity contribution in [1.29, 1.82) is 0 Å². The highest BCUT2D eigenvalue weighted by Gasteiger charge is 2.32. The first-order valence-electron chi connectivity index (χ1n) is 4.32. The van der Waals surface area contributed by atoms with Gasteiger partial charge < -0.3 is 5.32 Å². The molecule has 2 aliphatic rings. The Balaban J connectivity index is 0.000000845. The molecule has 2 fully saturated rings. The predicted octanol–water partition coefficient (Wildman–Crippen LogP) is -0.468. The van der Waals surface area contributed by atoms with Gasteiger partial charge in [0.1, 0.15) is 0 Å². The quantitative estimate of drug-likeness (QED) is 0.642. The van der Waals surface area contributed by atoms with E-state index in [1.165, 1.54) is 0 Å². The molecule has 86 valence electrons. The maximum absolute atomic E-state index is 11.3. The zero-order valence-electron chi connectivity index (χ0n) is 7.81. The Bertz CT molecular complexity index is 271. The molecule has 4 nitrogen and oxygen atoms in total. The molecule has 2 aliphatic heterocycles. The van der Waals surface area contributed by atoms with Crippen LogP contribution in [-0.2, 0) is 9.84 Å². The molecule has 1 N–H and O–H groups in total. The molecule has 2 heterocycles. The van der Waals surface area contributed by atoms with Gasteiger partial charge in [-0.15, -0.1) is 24.8 Å². The Kier molecular flexibility index (Phi) is 5.69. The number of hydrogen-bond donors (Lipinski definition) is 1. The molecule has 0 aromatic heterocycles. The highest BCUT2D eigenvalue weighted by molar-refractivity contribution is 7.91. The van der Waals surface area contributed by atoms with Crippen molar-refractivity contribution in [1.82, 2.24) is 10.2 Å². The maximum atomic E-state index is 11.3. The third-order valence-electron chi connectivity index (χ3n) is 2.61. The Morgan fingerprint density at radius 3 is 2.64 bits per heavy atom. The first-order chi connectivity index (χ1) is 5.67. The molecule has 1 atom stereocenters. The monoisotopic (exact) mass is 262 g/mol. The number of fused-ring (bicyclic) bond motifs is 1. The van der Waals surface area contributed by atoms with E-state index >= 15 is 0 Å². The summed E-state index contributed by atoms with van der Waals surface area (Å²) < 4.78 is 22.5. The van der Waals surface area contributed by atoms with Gasteiger partial charge in [-0.3, -0.25) is 4.90 Å². The lowest BCUT2D eigenvalue weighted by atomic mass is 10.2. The molecular weight excluding hydrogens is 247 g/mol. The van der Waals surface area contributed by atoms with Crippen LogP contribution in [0.4, 0.5) is 0 Å². The Morgan fingerprint density at radius 2 is 1.93 bits per heavy atom. The molecule has 0 aromatic carbocycles. The summed E-state index contributed by atoms with van der Waals surface area (Å²) in [6.07, 6.45) is 0. The summed E-state index contributed by atoms with van der Waals surface area (Å²) in [7, 11) is -2.73. The number of hydrogen-bond acceptors (Lipinski definition) is 4. The van der Waals surface area contributed by atoms with Gasteiger partial charge in [-0.1, -0.05) is 0 Å². The minimum Gasteiger partial charge on any atom is -0.314 e. The number of rotatable bonds is 0. The van der Waals surface area contributed by atoms with E-state index in [4.69, 9.17) is 0 Å². The highest BCUT2D eigenvalue weighted by Crippen LogP contribution is 2.12. The number of piperazine rings is 1. The van der Waals surface area contributed by atoms with Crippen molar-refractivity contribution >= 4 is 34.7 Å². The van der Waals surface area contributed by atoms with E-state index < -0.39 is 9.84 Å². The molecule has 1 unspecified atom stereocenters. The molecular formula is C7H16Cl2N2O2S. The van der Waals surface area contributed by atoms with Crippen LogP contribution >= 0.6 is 24.8 Å². The summed E-state index contributed by atoms with van der Waals surface area (Å²) in [5.41, 5.74) is 0. The van der Waals surface area contributed by atoms with Crippen molar-refractivity contribution < 1.29 is 8.42 Å². The maximum Gasteiger partial charge on any atom is 0.153 e. The van der Waals surface area contributed by atoms with Gasteiger partial charge in [-0.05, 0) is 0 Å². The normalized spacial score (nSPS) is 30.7. The molecule has 2 saturated heterocycles. The average molecular weight is 263 g/mol. The molecule has 0 saturated carbocycles. The Labute approximate surface area is 97.2 Å². The zero-order chi connectivity index (χ0) is 8.60. The average Bonchev–Trinajstić information content (AvgIpc) is 2.02. The molecule has 14 heavy (non-hydrogen) atoms. The number of halogens is 2. The minimum atomic E-state index is -2.73. The van der Waals surface area contributed by atoms with Crippen molar-refractivity contribution in [3.05, 3.63) is 0 Å². The first-order valence-corrected chi connectivity index (χ1v) is 6.15. The van der Waals surface area contributed by atoms with Gasteiger partial charge in [0.25, 0.3) is 0 Å². The third kappa shape index (κ3) is 3.24. The summed E-state index contributed by atoms with van der Waals surface area (Å²) in [5.74, 6) is 0.698.